The molecule has 4 rings (SSSR count). The second kappa shape index (κ2) is 5.17. The smallest absolute Gasteiger partial charge is 0.219 e. The largest absolute Gasteiger partial charge is 0.409 e. The second-order valence-corrected chi connectivity index (χ2v) is 5.20. The van der Waals surface area contributed by atoms with Gasteiger partial charge in [0.1, 0.15) is 5.52 Å². The van der Waals surface area contributed by atoms with Crippen LogP contribution in [0.25, 0.3) is 27.7 Å². The number of nitrogens with zero attached hydrogens (tertiary/aromatic N) is 5. The molecule has 0 saturated carbocycles. The van der Waals surface area contributed by atoms with Crippen LogP contribution >= 0.6 is 0 Å². The monoisotopic (exact) mass is 303 g/mol. The number of hydrogen-bond donors (Lipinski definition) is 1. The molecule has 0 spiro atoms. The summed E-state index contributed by atoms with van der Waals surface area (Å²) in [6.07, 6.45) is 0. The highest BCUT2D eigenvalue weighted by atomic mass is 16.4. The summed E-state index contributed by atoms with van der Waals surface area (Å²) in [5.74, 6) is 0. The fraction of sp³-hybridized carbons (Fsp3) is 0.0588. The van der Waals surface area contributed by atoms with Crippen molar-refractivity contribution < 1.29 is 5.21 Å². The van der Waals surface area contributed by atoms with E-state index in [0.29, 0.717) is 11.2 Å². The van der Waals surface area contributed by atoms with Crippen LogP contribution in [0.15, 0.2) is 59.8 Å². The zero-order chi connectivity index (χ0) is 15.8. The van der Waals surface area contributed by atoms with Crippen molar-refractivity contribution in [3.05, 3.63) is 65.8 Å². The van der Waals surface area contributed by atoms with Crippen LogP contribution in [0.2, 0.25) is 0 Å². The Balaban J connectivity index is 2.32. The highest BCUT2D eigenvalue weighted by molar-refractivity contribution is 5.93. The van der Waals surface area contributed by atoms with Crippen LogP contribution in [0.5, 0.6) is 0 Å². The standard InChI is InChI=1S/C17H13N5O/c1-11-16-17(20-23)18-15(12-7-3-2-4-8-12)13-9-5-6-10-14(13)22(16)21-19-11/h2-10,23H,1H3. The Morgan fingerprint density at radius 1 is 1.00 bits per heavy atom. The molecule has 0 aliphatic carbocycles. The number of fused-ring (bicyclic) bond motifs is 3. The molecule has 23 heavy (non-hydrogen) atoms. The summed E-state index contributed by atoms with van der Waals surface area (Å²) in [5, 5.41) is 22.0. The van der Waals surface area contributed by atoms with Crippen molar-refractivity contribution in [3.63, 3.8) is 0 Å². The Bertz CT molecular complexity index is 1090. The maximum absolute atomic E-state index is 9.46. The van der Waals surface area contributed by atoms with Gasteiger partial charge in [0.05, 0.1) is 16.9 Å². The Kier molecular flexibility index (Phi) is 3.01. The molecule has 2 heterocycles. The van der Waals surface area contributed by atoms with E-state index >= 15 is 0 Å². The van der Waals surface area contributed by atoms with Crippen molar-refractivity contribution in [3.8, 4) is 11.3 Å². The molecule has 0 aliphatic heterocycles. The average Bonchev–Trinajstić information content (AvgIpc) is 2.91. The zero-order valence-electron chi connectivity index (χ0n) is 12.4. The average molecular weight is 303 g/mol. The van der Waals surface area contributed by atoms with Crippen molar-refractivity contribution in [1.29, 1.82) is 0 Å². The normalized spacial score (nSPS) is 12.1. The van der Waals surface area contributed by atoms with Gasteiger partial charge >= 0.3 is 0 Å². The minimum atomic E-state index is 0.197. The highest BCUT2D eigenvalue weighted by Crippen LogP contribution is 2.25. The molecule has 2 aromatic heterocycles. The van der Waals surface area contributed by atoms with E-state index in [1.807, 2.05) is 61.5 Å². The van der Waals surface area contributed by atoms with Gasteiger partial charge in [-0.2, -0.15) is 0 Å². The zero-order valence-corrected chi connectivity index (χ0v) is 12.4. The van der Waals surface area contributed by atoms with Gasteiger partial charge in [0.25, 0.3) is 0 Å². The number of aryl methyl sites for hydroxylation is 1. The third-order valence-electron chi connectivity index (χ3n) is 3.80. The number of para-hydroxylation sites is 1. The minimum Gasteiger partial charge on any atom is -0.409 e. The van der Waals surface area contributed by atoms with Crippen LogP contribution in [0, 0.1) is 6.92 Å². The SMILES string of the molecule is Cc1nnn2c1c(=NO)nc(-c1ccccc1)c1ccccc12. The van der Waals surface area contributed by atoms with E-state index in [1.165, 1.54) is 0 Å². The molecule has 4 aromatic rings. The summed E-state index contributed by atoms with van der Waals surface area (Å²) in [6.45, 7) is 1.82. The maximum atomic E-state index is 9.46. The first-order valence-corrected chi connectivity index (χ1v) is 7.18. The van der Waals surface area contributed by atoms with Crippen molar-refractivity contribution in [1.82, 2.24) is 19.8 Å². The molecule has 1 N–H and O–H groups in total. The lowest BCUT2D eigenvalue weighted by molar-refractivity contribution is 0.299. The molecule has 2 aromatic carbocycles. The quantitative estimate of drug-likeness (QED) is 0.433. The number of rotatable bonds is 1. The predicted octanol–water partition coefficient (Wildman–Crippen LogP) is 2.54. The van der Waals surface area contributed by atoms with E-state index in [9.17, 15) is 5.21 Å². The molecule has 0 bridgehead atoms. The molecule has 6 heteroatoms. The third kappa shape index (κ3) is 2.03. The Hall–Kier alpha value is -3.28. The molecule has 0 atom stereocenters. The molecular formula is C17H13N5O. The van der Waals surface area contributed by atoms with Gasteiger partial charge < -0.3 is 5.21 Å². The summed E-state index contributed by atoms with van der Waals surface area (Å²) < 4.78 is 1.67. The predicted molar refractivity (Wildman–Crippen MR) is 85.8 cm³/mol. The van der Waals surface area contributed by atoms with Crippen LogP contribution in [0.1, 0.15) is 5.69 Å². The van der Waals surface area contributed by atoms with Gasteiger partial charge in [0.2, 0.25) is 5.49 Å². The molecule has 0 fully saturated rings. The molecule has 0 aliphatic rings. The van der Waals surface area contributed by atoms with Crippen LogP contribution in [-0.2, 0) is 0 Å². The molecule has 0 amide bonds. The third-order valence-corrected chi connectivity index (χ3v) is 3.80. The Morgan fingerprint density at radius 2 is 1.74 bits per heavy atom. The summed E-state index contributed by atoms with van der Waals surface area (Å²) >= 11 is 0. The topological polar surface area (TPSA) is 75.7 Å². The highest BCUT2D eigenvalue weighted by Gasteiger charge is 2.12. The first-order valence-electron chi connectivity index (χ1n) is 7.18. The summed E-state index contributed by atoms with van der Waals surface area (Å²) in [7, 11) is 0. The maximum Gasteiger partial charge on any atom is 0.219 e. The van der Waals surface area contributed by atoms with Crippen LogP contribution in [0.3, 0.4) is 0 Å². The lowest BCUT2D eigenvalue weighted by Crippen LogP contribution is -2.09. The fourth-order valence-electron chi connectivity index (χ4n) is 2.75. The fourth-order valence-corrected chi connectivity index (χ4v) is 2.75. The van der Waals surface area contributed by atoms with Gasteiger partial charge in [0.15, 0.2) is 0 Å². The first-order chi connectivity index (χ1) is 11.3. The molecule has 112 valence electrons. The van der Waals surface area contributed by atoms with Gasteiger partial charge in [0, 0.05) is 10.9 Å². The van der Waals surface area contributed by atoms with Gasteiger partial charge in [-0.25, -0.2) is 9.50 Å². The van der Waals surface area contributed by atoms with E-state index in [4.69, 9.17) is 0 Å². The van der Waals surface area contributed by atoms with Crippen LogP contribution < -0.4 is 5.49 Å². The van der Waals surface area contributed by atoms with Crippen LogP contribution in [-0.4, -0.2) is 25.0 Å². The van der Waals surface area contributed by atoms with E-state index < -0.39 is 0 Å². The van der Waals surface area contributed by atoms with Crippen molar-refractivity contribution in [2.24, 2.45) is 5.16 Å². The molecule has 0 radical (unpaired) electrons. The van der Waals surface area contributed by atoms with E-state index in [1.54, 1.807) is 4.52 Å². The van der Waals surface area contributed by atoms with Gasteiger partial charge in [-0.3, -0.25) is 0 Å². The number of hydrogen-bond acceptors (Lipinski definition) is 5. The Labute approximate surface area is 131 Å². The lowest BCUT2D eigenvalue weighted by atomic mass is 10.1. The number of aromatic nitrogens is 4. The minimum absolute atomic E-state index is 0.197. The van der Waals surface area contributed by atoms with Gasteiger partial charge in [-0.15, -0.1) is 5.10 Å². The second-order valence-electron chi connectivity index (χ2n) is 5.20. The van der Waals surface area contributed by atoms with E-state index in [0.717, 1.165) is 22.2 Å². The molecular weight excluding hydrogens is 290 g/mol. The summed E-state index contributed by atoms with van der Waals surface area (Å²) in [5.41, 5.74) is 3.97. The van der Waals surface area contributed by atoms with Gasteiger partial charge in [-0.1, -0.05) is 58.9 Å². The molecule has 0 saturated heterocycles. The summed E-state index contributed by atoms with van der Waals surface area (Å²) in [4.78, 5) is 4.60. The summed E-state index contributed by atoms with van der Waals surface area (Å²) in [6, 6.07) is 17.6. The molecule has 6 nitrogen and oxygen atoms in total. The van der Waals surface area contributed by atoms with Crippen molar-refractivity contribution in [2.45, 2.75) is 6.92 Å². The lowest BCUT2D eigenvalue weighted by Gasteiger charge is -2.01. The molecule has 0 unspecified atom stereocenters. The van der Waals surface area contributed by atoms with E-state index in [-0.39, 0.29) is 5.49 Å². The van der Waals surface area contributed by atoms with E-state index in [2.05, 4.69) is 20.5 Å². The first kappa shape index (κ1) is 13.4. The van der Waals surface area contributed by atoms with Crippen LogP contribution in [0.4, 0.5) is 0 Å². The van der Waals surface area contributed by atoms with Crippen molar-refractivity contribution in [2.75, 3.05) is 0 Å². The number of benzene rings is 2. The van der Waals surface area contributed by atoms with Gasteiger partial charge in [-0.05, 0) is 13.0 Å². The van der Waals surface area contributed by atoms with Crippen molar-refractivity contribution >= 4 is 16.4 Å². The Morgan fingerprint density at radius 3 is 2.52 bits per heavy atom.